The molecule has 0 aromatic carbocycles. The molecule has 19 heteroatoms. The molecule has 0 saturated heterocycles. The number of ether oxygens (including phenoxy) is 4. The highest BCUT2D eigenvalue weighted by Gasteiger charge is 2.30. The van der Waals surface area contributed by atoms with Gasteiger partial charge in [0.15, 0.2) is 12.2 Å². The van der Waals surface area contributed by atoms with Crippen molar-refractivity contribution in [1.82, 2.24) is 0 Å². The summed E-state index contributed by atoms with van der Waals surface area (Å²) in [6.45, 7) is 14.2. The molecule has 0 spiro atoms. The maximum atomic E-state index is 13.1. The van der Waals surface area contributed by atoms with Gasteiger partial charge in [-0.3, -0.25) is 37.3 Å². The molecule has 0 aliphatic carbocycles. The smallest absolute Gasteiger partial charge is 0.462 e. The topological polar surface area (TPSA) is 237 Å². The fourth-order valence-electron chi connectivity index (χ4n) is 12.0. The molecule has 0 aromatic rings. The SMILES string of the molecule is CCC(C)CCCCCCCCCCCCCCCCC(=O)O[C@H](COC(=O)CCCCCCCCCCCC(C)C)COP(=O)(O)OCC(O)COP(=O)(O)OC[C@@H](COC(=O)CCCCCCCCCC(C)C)OC(=O)CCCCCCCCCCCCCCCCCC(C)C. The molecule has 0 fully saturated rings. The first-order valence-corrected chi connectivity index (χ1v) is 43.7. The van der Waals surface area contributed by atoms with Crippen molar-refractivity contribution in [2.24, 2.45) is 23.7 Å². The van der Waals surface area contributed by atoms with E-state index in [2.05, 4.69) is 55.4 Å². The third kappa shape index (κ3) is 71.1. The Bertz CT molecular complexity index is 1920. The quantitative estimate of drug-likeness (QED) is 0.0222. The highest BCUT2D eigenvalue weighted by atomic mass is 31.2. The van der Waals surface area contributed by atoms with Crippen molar-refractivity contribution in [3.8, 4) is 0 Å². The molecule has 0 rings (SSSR count). The van der Waals surface area contributed by atoms with E-state index in [4.69, 9.17) is 37.0 Å². The lowest BCUT2D eigenvalue weighted by atomic mass is 9.99. The molecule has 6 atom stereocenters. The van der Waals surface area contributed by atoms with Crippen molar-refractivity contribution in [1.29, 1.82) is 0 Å². The van der Waals surface area contributed by atoms with Crippen molar-refractivity contribution in [2.75, 3.05) is 39.6 Å². The Kier molecular flexibility index (Phi) is 66.8. The van der Waals surface area contributed by atoms with Crippen LogP contribution in [0.2, 0.25) is 0 Å². The fraction of sp³-hybridized carbons (Fsp3) is 0.949. The summed E-state index contributed by atoms with van der Waals surface area (Å²) >= 11 is 0. The lowest BCUT2D eigenvalue weighted by Gasteiger charge is -2.21. The van der Waals surface area contributed by atoms with Gasteiger partial charge in [-0.15, -0.1) is 0 Å². The summed E-state index contributed by atoms with van der Waals surface area (Å²) in [5.74, 6) is 0.980. The normalized spacial score (nSPS) is 14.3. The van der Waals surface area contributed by atoms with Crippen molar-refractivity contribution < 1.29 is 80.2 Å². The van der Waals surface area contributed by atoms with Crippen molar-refractivity contribution in [2.45, 2.75) is 420 Å². The number of aliphatic hydroxyl groups excluding tert-OH is 1. The highest BCUT2D eigenvalue weighted by molar-refractivity contribution is 7.47. The third-order valence-electron chi connectivity index (χ3n) is 18.7. The van der Waals surface area contributed by atoms with Gasteiger partial charge in [-0.05, 0) is 49.4 Å². The first-order valence-electron chi connectivity index (χ1n) is 40.7. The predicted octanol–water partition coefficient (Wildman–Crippen LogP) is 23.2. The summed E-state index contributed by atoms with van der Waals surface area (Å²) in [7, 11) is -9.92. The minimum atomic E-state index is -4.96. The Morgan fingerprint density at radius 3 is 0.724 bits per heavy atom. The van der Waals surface area contributed by atoms with Crippen LogP contribution < -0.4 is 0 Å². The molecule has 0 bridgehead atoms. The number of esters is 4. The molecule has 0 amide bonds. The molecule has 0 aliphatic heterocycles. The number of unbranched alkanes of at least 4 members (excludes halogenated alkanes) is 41. The average Bonchev–Trinajstić information content (AvgIpc) is 1.02. The summed E-state index contributed by atoms with van der Waals surface area (Å²) in [5, 5.41) is 10.6. The minimum absolute atomic E-state index is 0.107. The van der Waals surface area contributed by atoms with Gasteiger partial charge in [0.25, 0.3) is 0 Å². The van der Waals surface area contributed by atoms with E-state index in [-0.39, 0.29) is 25.7 Å². The Labute approximate surface area is 600 Å². The van der Waals surface area contributed by atoms with E-state index < -0.39 is 97.5 Å². The van der Waals surface area contributed by atoms with Crippen LogP contribution >= 0.6 is 15.6 Å². The standard InChI is InChI=1S/C79H154O17P2/c1-9-72(8)58-50-42-34-26-20-16-13-14-18-22-28-37-46-54-62-78(83)95-74(65-89-76(81)59-51-43-35-29-23-25-32-40-48-56-70(4)5)67-93-97(85,86)91-63-73(80)64-92-98(87,88)94-68-75(66-90-77(82)60-52-44-38-30-33-41-49-57-71(6)7)96-79(84)61-53-45-36-27-21-17-12-10-11-15-19-24-31-39-47-55-69(2)3/h69-75,80H,9-68H2,1-8H3,(H,85,86)(H,87,88)/t72?,73?,74-,75-/m1/s1. The molecule has 0 aromatic heterocycles. The second-order valence-corrected chi connectivity index (χ2v) is 33.0. The van der Waals surface area contributed by atoms with Crippen molar-refractivity contribution in [3.63, 3.8) is 0 Å². The molecule has 4 unspecified atom stereocenters. The molecule has 0 radical (unpaired) electrons. The number of carbonyl (C=O) groups excluding carboxylic acids is 4. The maximum absolute atomic E-state index is 13.1. The van der Waals surface area contributed by atoms with E-state index in [1.807, 2.05) is 0 Å². The van der Waals surface area contributed by atoms with E-state index in [1.54, 1.807) is 0 Å². The van der Waals surface area contributed by atoms with E-state index in [0.717, 1.165) is 114 Å². The predicted molar refractivity (Wildman–Crippen MR) is 400 cm³/mol. The van der Waals surface area contributed by atoms with Crippen LogP contribution in [0.4, 0.5) is 0 Å². The van der Waals surface area contributed by atoms with Crippen LogP contribution in [0.25, 0.3) is 0 Å². The van der Waals surface area contributed by atoms with Gasteiger partial charge in [-0.2, -0.15) is 0 Å². The van der Waals surface area contributed by atoms with Gasteiger partial charge < -0.3 is 33.8 Å². The largest absolute Gasteiger partial charge is 0.472 e. The van der Waals surface area contributed by atoms with Crippen LogP contribution in [-0.2, 0) is 65.4 Å². The lowest BCUT2D eigenvalue weighted by Crippen LogP contribution is -2.30. The summed E-state index contributed by atoms with van der Waals surface area (Å²) in [6.07, 6.45) is 54.1. The first-order chi connectivity index (χ1) is 47.1. The van der Waals surface area contributed by atoms with Crippen LogP contribution in [0, 0.1) is 23.7 Å². The van der Waals surface area contributed by atoms with Gasteiger partial charge in [0, 0.05) is 25.7 Å². The molecule has 3 N–H and O–H groups in total. The summed E-state index contributed by atoms with van der Waals surface area (Å²) in [6, 6.07) is 0. The Morgan fingerprint density at radius 2 is 0.490 bits per heavy atom. The van der Waals surface area contributed by atoms with E-state index in [1.165, 1.54) is 199 Å². The van der Waals surface area contributed by atoms with Gasteiger partial charge in [0.2, 0.25) is 0 Å². The van der Waals surface area contributed by atoms with Crippen molar-refractivity contribution >= 4 is 39.5 Å². The zero-order valence-corrected chi connectivity index (χ0v) is 66.2. The van der Waals surface area contributed by atoms with Gasteiger partial charge in [-0.25, -0.2) is 9.13 Å². The van der Waals surface area contributed by atoms with Crippen LogP contribution in [0.3, 0.4) is 0 Å². The summed E-state index contributed by atoms with van der Waals surface area (Å²) < 4.78 is 68.6. The monoisotopic (exact) mass is 1440 g/mol. The number of phosphoric acid groups is 2. The average molecular weight is 1440 g/mol. The van der Waals surface area contributed by atoms with E-state index in [9.17, 15) is 43.2 Å². The molecule has 0 heterocycles. The molecule has 0 saturated carbocycles. The maximum Gasteiger partial charge on any atom is 0.472 e. The van der Waals surface area contributed by atoms with Gasteiger partial charge >= 0.3 is 39.5 Å². The highest BCUT2D eigenvalue weighted by Crippen LogP contribution is 2.45. The summed E-state index contributed by atoms with van der Waals surface area (Å²) in [4.78, 5) is 72.9. The van der Waals surface area contributed by atoms with Crippen molar-refractivity contribution in [3.05, 3.63) is 0 Å². The molecule has 582 valence electrons. The molecule has 17 nitrogen and oxygen atoms in total. The van der Waals surface area contributed by atoms with Crippen LogP contribution in [0.1, 0.15) is 402 Å². The Morgan fingerprint density at radius 1 is 0.286 bits per heavy atom. The number of rotatable bonds is 76. The second-order valence-electron chi connectivity index (χ2n) is 30.1. The Hall–Kier alpha value is -1.94. The van der Waals surface area contributed by atoms with Gasteiger partial charge in [-0.1, -0.05) is 351 Å². The zero-order chi connectivity index (χ0) is 72.4. The first kappa shape index (κ1) is 96.1. The number of aliphatic hydroxyl groups is 1. The van der Waals surface area contributed by atoms with Gasteiger partial charge in [0.1, 0.15) is 19.3 Å². The number of hydrogen-bond donors (Lipinski definition) is 3. The van der Waals surface area contributed by atoms with E-state index in [0.29, 0.717) is 31.6 Å². The number of hydrogen-bond acceptors (Lipinski definition) is 15. The number of phosphoric ester groups is 2. The van der Waals surface area contributed by atoms with Gasteiger partial charge in [0.05, 0.1) is 26.4 Å². The van der Waals surface area contributed by atoms with Crippen LogP contribution in [0.5, 0.6) is 0 Å². The van der Waals surface area contributed by atoms with Crippen LogP contribution in [0.15, 0.2) is 0 Å². The second kappa shape index (κ2) is 68.2. The zero-order valence-electron chi connectivity index (χ0n) is 64.4. The fourth-order valence-corrected chi connectivity index (χ4v) is 13.6. The molecular formula is C79H154O17P2. The lowest BCUT2D eigenvalue weighted by molar-refractivity contribution is -0.161. The van der Waals surface area contributed by atoms with E-state index >= 15 is 0 Å². The number of carbonyl (C=O) groups is 4. The third-order valence-corrected chi connectivity index (χ3v) is 20.6. The molecule has 98 heavy (non-hydrogen) atoms. The Balaban J connectivity index is 5.23. The molecular weight excluding hydrogens is 1280 g/mol. The minimum Gasteiger partial charge on any atom is -0.462 e. The summed E-state index contributed by atoms with van der Waals surface area (Å²) in [5.41, 5.74) is 0. The molecule has 0 aliphatic rings. The van der Waals surface area contributed by atoms with Crippen LogP contribution in [-0.4, -0.2) is 96.7 Å².